The zero-order valence-electron chi connectivity index (χ0n) is 11.2. The monoisotopic (exact) mass is 635 g/mol. The van der Waals surface area contributed by atoms with Crippen LogP contribution in [0.2, 0.25) is 0 Å². The number of phenolic OH excluding ortho intramolecular Hbond substituents is 1. The van der Waals surface area contributed by atoms with Crippen LogP contribution in [-0.2, 0) is 11.2 Å². The SMILES string of the molecule is N[C@H](C(=O)O)c1cc(I)c(Cc2ccc(O)c(I)c2)c(I)c1. The summed E-state index contributed by atoms with van der Waals surface area (Å²) in [5.41, 5.74) is 8.50. The van der Waals surface area contributed by atoms with Gasteiger partial charge in [0.15, 0.2) is 0 Å². The highest BCUT2D eigenvalue weighted by Gasteiger charge is 2.17. The van der Waals surface area contributed by atoms with Crippen LogP contribution in [0.3, 0.4) is 0 Å². The maximum Gasteiger partial charge on any atom is 0.325 e. The van der Waals surface area contributed by atoms with Gasteiger partial charge in [-0.1, -0.05) is 6.07 Å². The van der Waals surface area contributed by atoms with Crippen LogP contribution < -0.4 is 5.73 Å². The van der Waals surface area contributed by atoms with Gasteiger partial charge in [-0.05, 0) is 115 Å². The van der Waals surface area contributed by atoms with E-state index in [0.717, 1.165) is 28.3 Å². The lowest BCUT2D eigenvalue weighted by Crippen LogP contribution is -2.21. The Bertz CT molecular complexity index is 711. The predicted molar refractivity (Wildman–Crippen MR) is 110 cm³/mol. The van der Waals surface area contributed by atoms with Crippen LogP contribution in [0.25, 0.3) is 0 Å². The van der Waals surface area contributed by atoms with Crippen molar-refractivity contribution in [3.8, 4) is 5.75 Å². The van der Waals surface area contributed by atoms with Gasteiger partial charge in [-0.2, -0.15) is 0 Å². The molecule has 2 aromatic carbocycles. The van der Waals surface area contributed by atoms with Crippen LogP contribution in [0.5, 0.6) is 5.75 Å². The maximum absolute atomic E-state index is 11.0. The lowest BCUT2D eigenvalue weighted by atomic mass is 10.0. The van der Waals surface area contributed by atoms with Crippen LogP contribution in [0.4, 0.5) is 0 Å². The number of carboxylic acids is 1. The van der Waals surface area contributed by atoms with E-state index in [-0.39, 0.29) is 5.75 Å². The summed E-state index contributed by atoms with van der Waals surface area (Å²) in [6.07, 6.45) is 0.718. The Labute approximate surface area is 168 Å². The van der Waals surface area contributed by atoms with Gasteiger partial charge in [0.25, 0.3) is 0 Å². The molecule has 0 unspecified atom stereocenters. The number of benzene rings is 2. The third-order valence-electron chi connectivity index (χ3n) is 3.18. The van der Waals surface area contributed by atoms with E-state index in [9.17, 15) is 9.90 Å². The number of halogens is 3. The molecular weight excluding hydrogens is 623 g/mol. The number of rotatable bonds is 4. The van der Waals surface area contributed by atoms with Gasteiger partial charge < -0.3 is 15.9 Å². The zero-order chi connectivity index (χ0) is 16.4. The Morgan fingerprint density at radius 3 is 2.18 bits per heavy atom. The highest BCUT2D eigenvalue weighted by molar-refractivity contribution is 14.1. The Balaban J connectivity index is 2.36. The van der Waals surface area contributed by atoms with E-state index in [4.69, 9.17) is 10.8 Å². The molecule has 4 N–H and O–H groups in total. The van der Waals surface area contributed by atoms with Crippen LogP contribution >= 0.6 is 67.8 Å². The van der Waals surface area contributed by atoms with Gasteiger partial charge in [0.05, 0.1) is 3.57 Å². The maximum atomic E-state index is 11.0. The first kappa shape index (κ1) is 18.2. The number of phenols is 1. The molecule has 0 bridgehead atoms. The number of nitrogens with two attached hydrogens (primary N) is 1. The standard InChI is InChI=1S/C15H12I3NO3/c16-10-5-8(14(19)15(21)22)6-11(17)9(10)3-7-1-2-13(20)12(18)4-7/h1-2,4-6,14,20H,3,19H2,(H,21,22)/t14-/m0/s1. The van der Waals surface area contributed by atoms with Gasteiger partial charge in [0.2, 0.25) is 0 Å². The first-order valence-electron chi connectivity index (χ1n) is 6.23. The molecule has 1 atom stereocenters. The fourth-order valence-corrected chi connectivity index (χ4v) is 4.76. The van der Waals surface area contributed by atoms with Crippen LogP contribution in [-0.4, -0.2) is 16.2 Å². The molecule has 7 heteroatoms. The molecule has 0 spiro atoms. The fourth-order valence-electron chi connectivity index (χ4n) is 1.98. The van der Waals surface area contributed by atoms with Gasteiger partial charge >= 0.3 is 5.97 Å². The molecule has 0 aliphatic carbocycles. The van der Waals surface area contributed by atoms with Crippen molar-refractivity contribution in [3.63, 3.8) is 0 Å². The van der Waals surface area contributed by atoms with Crippen molar-refractivity contribution >= 4 is 73.7 Å². The van der Waals surface area contributed by atoms with Crippen LogP contribution in [0.15, 0.2) is 30.3 Å². The van der Waals surface area contributed by atoms with Crippen molar-refractivity contribution in [3.05, 3.63) is 57.7 Å². The van der Waals surface area contributed by atoms with Gasteiger partial charge in [-0.3, -0.25) is 4.79 Å². The van der Waals surface area contributed by atoms with E-state index in [1.54, 1.807) is 6.07 Å². The average molecular weight is 635 g/mol. The van der Waals surface area contributed by atoms with Gasteiger partial charge in [-0.25, -0.2) is 0 Å². The second-order valence-electron chi connectivity index (χ2n) is 4.74. The summed E-state index contributed by atoms with van der Waals surface area (Å²) in [7, 11) is 0. The molecule has 0 saturated heterocycles. The summed E-state index contributed by atoms with van der Waals surface area (Å²) in [6.45, 7) is 0. The van der Waals surface area contributed by atoms with Crippen molar-refractivity contribution in [1.29, 1.82) is 0 Å². The minimum absolute atomic E-state index is 0.275. The number of aliphatic carboxylic acids is 1. The van der Waals surface area contributed by atoms with Crippen molar-refractivity contribution < 1.29 is 15.0 Å². The number of aromatic hydroxyl groups is 1. The van der Waals surface area contributed by atoms with Crippen molar-refractivity contribution in [1.82, 2.24) is 0 Å². The number of carboxylic acid groups (broad SMARTS) is 1. The molecule has 0 radical (unpaired) electrons. The minimum Gasteiger partial charge on any atom is -0.507 e. The topological polar surface area (TPSA) is 83.6 Å². The number of hydrogen-bond acceptors (Lipinski definition) is 3. The Morgan fingerprint density at radius 1 is 1.09 bits per heavy atom. The van der Waals surface area contributed by atoms with Crippen LogP contribution in [0.1, 0.15) is 22.7 Å². The second kappa shape index (κ2) is 7.62. The van der Waals surface area contributed by atoms with Gasteiger partial charge in [-0.15, -0.1) is 0 Å². The molecule has 0 fully saturated rings. The smallest absolute Gasteiger partial charge is 0.325 e. The van der Waals surface area contributed by atoms with Crippen molar-refractivity contribution in [2.24, 2.45) is 5.73 Å². The fraction of sp³-hybridized carbons (Fsp3) is 0.133. The molecule has 0 amide bonds. The van der Waals surface area contributed by atoms with E-state index < -0.39 is 12.0 Å². The second-order valence-corrected chi connectivity index (χ2v) is 8.23. The Hall–Kier alpha value is -0.140. The normalized spacial score (nSPS) is 12.2. The van der Waals surface area contributed by atoms with E-state index in [1.165, 1.54) is 0 Å². The molecule has 0 aliphatic heterocycles. The highest BCUT2D eigenvalue weighted by atomic mass is 127. The molecule has 4 nitrogen and oxygen atoms in total. The molecule has 0 saturated carbocycles. The lowest BCUT2D eigenvalue weighted by Gasteiger charge is -2.13. The van der Waals surface area contributed by atoms with Crippen LogP contribution in [0, 0.1) is 10.7 Å². The minimum atomic E-state index is -1.03. The summed E-state index contributed by atoms with van der Waals surface area (Å²) < 4.78 is 2.78. The largest absolute Gasteiger partial charge is 0.507 e. The molecular formula is C15H12I3NO3. The van der Waals surface area contributed by atoms with Gasteiger partial charge in [0, 0.05) is 7.14 Å². The molecule has 2 aromatic rings. The molecule has 0 aromatic heterocycles. The molecule has 2 rings (SSSR count). The van der Waals surface area contributed by atoms with E-state index >= 15 is 0 Å². The van der Waals surface area contributed by atoms with Crippen molar-refractivity contribution in [2.75, 3.05) is 0 Å². The molecule has 22 heavy (non-hydrogen) atoms. The predicted octanol–water partition coefficient (Wildman–Crippen LogP) is 3.88. The molecule has 116 valence electrons. The quantitative estimate of drug-likeness (QED) is 0.446. The Kier molecular flexibility index (Phi) is 6.30. The zero-order valence-corrected chi connectivity index (χ0v) is 17.7. The lowest BCUT2D eigenvalue weighted by molar-refractivity contribution is -0.138. The van der Waals surface area contributed by atoms with Gasteiger partial charge in [0.1, 0.15) is 11.8 Å². The average Bonchev–Trinajstić information content (AvgIpc) is 2.45. The highest BCUT2D eigenvalue weighted by Crippen LogP contribution is 2.28. The Morgan fingerprint density at radius 2 is 1.68 bits per heavy atom. The summed E-state index contributed by atoms with van der Waals surface area (Å²) >= 11 is 6.51. The van der Waals surface area contributed by atoms with E-state index in [0.29, 0.717) is 5.56 Å². The van der Waals surface area contributed by atoms with E-state index in [2.05, 4.69) is 67.8 Å². The summed E-state index contributed by atoms with van der Waals surface area (Å²) in [4.78, 5) is 11.0. The molecule has 0 aliphatic rings. The summed E-state index contributed by atoms with van der Waals surface area (Å²) in [5, 5.41) is 18.6. The summed E-state index contributed by atoms with van der Waals surface area (Å²) in [5.74, 6) is -0.760. The van der Waals surface area contributed by atoms with E-state index in [1.807, 2.05) is 24.3 Å². The first-order valence-corrected chi connectivity index (χ1v) is 9.47. The first-order chi connectivity index (χ1) is 10.3. The molecule has 0 heterocycles. The van der Waals surface area contributed by atoms with Crippen molar-refractivity contribution in [2.45, 2.75) is 12.5 Å². The third kappa shape index (κ3) is 4.23. The third-order valence-corrected chi connectivity index (χ3v) is 5.97. The number of hydrogen-bond donors (Lipinski definition) is 3. The summed E-state index contributed by atoms with van der Waals surface area (Å²) in [6, 6.07) is 8.15. The number of carbonyl (C=O) groups is 1.